The topological polar surface area (TPSA) is 41.5 Å². The molecule has 3 nitrogen and oxygen atoms in total. The number of aliphatic hydroxyl groups is 1. The van der Waals surface area contributed by atoms with Gasteiger partial charge in [-0.1, -0.05) is 36.4 Å². The van der Waals surface area contributed by atoms with Crippen molar-refractivity contribution in [1.29, 1.82) is 0 Å². The number of hydrogen-bond acceptors (Lipinski definition) is 3. The van der Waals surface area contributed by atoms with E-state index in [1.165, 1.54) is 5.56 Å². The fraction of sp³-hybridized carbons (Fsp3) is 0.385. The minimum Gasteiger partial charge on any atom is -0.389 e. The number of nitrogens with one attached hydrogen (secondary N) is 1. The molecule has 0 spiro atoms. The Morgan fingerprint density at radius 1 is 1.38 bits per heavy atom. The van der Waals surface area contributed by atoms with E-state index in [2.05, 4.69) is 11.9 Å². The van der Waals surface area contributed by atoms with Gasteiger partial charge in [-0.05, 0) is 5.56 Å². The van der Waals surface area contributed by atoms with E-state index in [1.807, 2.05) is 30.3 Å². The fourth-order valence-corrected chi connectivity index (χ4v) is 1.33. The SMILES string of the molecule is C=CCOC[C@H](O)CNCc1ccccc1. The number of aliphatic hydroxyl groups excluding tert-OH is 1. The molecule has 0 radical (unpaired) electrons. The second kappa shape index (κ2) is 8.05. The molecule has 88 valence electrons. The van der Waals surface area contributed by atoms with Gasteiger partial charge in [0.25, 0.3) is 0 Å². The average molecular weight is 221 g/mol. The van der Waals surface area contributed by atoms with Crippen LogP contribution in [-0.4, -0.2) is 31.0 Å². The number of ether oxygens (including phenoxy) is 1. The summed E-state index contributed by atoms with van der Waals surface area (Å²) in [6, 6.07) is 10.1. The van der Waals surface area contributed by atoms with Gasteiger partial charge < -0.3 is 15.2 Å². The van der Waals surface area contributed by atoms with Crippen LogP contribution in [0.25, 0.3) is 0 Å². The second-order valence-electron chi connectivity index (χ2n) is 3.60. The van der Waals surface area contributed by atoms with Gasteiger partial charge >= 0.3 is 0 Å². The van der Waals surface area contributed by atoms with Gasteiger partial charge in [0.15, 0.2) is 0 Å². The zero-order valence-electron chi connectivity index (χ0n) is 9.43. The maximum atomic E-state index is 9.53. The fourth-order valence-electron chi connectivity index (χ4n) is 1.33. The minimum atomic E-state index is -0.469. The van der Waals surface area contributed by atoms with Crippen LogP contribution >= 0.6 is 0 Å². The third kappa shape index (κ3) is 5.66. The molecule has 3 heteroatoms. The largest absolute Gasteiger partial charge is 0.389 e. The van der Waals surface area contributed by atoms with Crippen molar-refractivity contribution in [2.75, 3.05) is 19.8 Å². The molecule has 0 heterocycles. The van der Waals surface area contributed by atoms with Crippen LogP contribution in [0, 0.1) is 0 Å². The summed E-state index contributed by atoms with van der Waals surface area (Å²) in [6.45, 7) is 5.66. The Morgan fingerprint density at radius 3 is 2.81 bits per heavy atom. The standard InChI is InChI=1S/C13H19NO2/c1-2-8-16-11-13(15)10-14-9-12-6-4-3-5-7-12/h2-7,13-15H,1,8-11H2/t13-/m1/s1. The van der Waals surface area contributed by atoms with Gasteiger partial charge in [-0.3, -0.25) is 0 Å². The molecule has 1 aromatic carbocycles. The lowest BCUT2D eigenvalue weighted by Gasteiger charge is -2.11. The Labute approximate surface area is 96.8 Å². The van der Waals surface area contributed by atoms with E-state index in [-0.39, 0.29) is 0 Å². The van der Waals surface area contributed by atoms with Gasteiger partial charge in [-0.25, -0.2) is 0 Å². The van der Waals surface area contributed by atoms with Gasteiger partial charge in [0.1, 0.15) is 0 Å². The molecule has 0 bridgehead atoms. The number of rotatable bonds is 8. The highest BCUT2D eigenvalue weighted by Gasteiger charge is 2.02. The molecule has 2 N–H and O–H groups in total. The Kier molecular flexibility index (Phi) is 6.49. The third-order valence-corrected chi connectivity index (χ3v) is 2.10. The van der Waals surface area contributed by atoms with Gasteiger partial charge in [-0.15, -0.1) is 6.58 Å². The minimum absolute atomic E-state index is 0.341. The molecule has 0 saturated carbocycles. The molecule has 0 amide bonds. The van der Waals surface area contributed by atoms with Crippen LogP contribution in [0.15, 0.2) is 43.0 Å². The number of benzene rings is 1. The smallest absolute Gasteiger partial charge is 0.0897 e. The zero-order valence-corrected chi connectivity index (χ0v) is 9.43. The van der Waals surface area contributed by atoms with E-state index in [0.717, 1.165) is 6.54 Å². The second-order valence-corrected chi connectivity index (χ2v) is 3.60. The molecule has 1 atom stereocenters. The summed E-state index contributed by atoms with van der Waals surface area (Å²) >= 11 is 0. The molecular weight excluding hydrogens is 202 g/mol. The predicted molar refractivity (Wildman–Crippen MR) is 65.2 cm³/mol. The van der Waals surface area contributed by atoms with E-state index in [1.54, 1.807) is 6.08 Å². The molecule has 0 fully saturated rings. The molecule has 0 unspecified atom stereocenters. The van der Waals surface area contributed by atoms with Crippen molar-refractivity contribution in [3.8, 4) is 0 Å². The summed E-state index contributed by atoms with van der Waals surface area (Å²) in [4.78, 5) is 0. The van der Waals surface area contributed by atoms with Gasteiger partial charge in [0, 0.05) is 13.1 Å². The first-order valence-corrected chi connectivity index (χ1v) is 5.44. The lowest BCUT2D eigenvalue weighted by Crippen LogP contribution is -2.30. The summed E-state index contributed by atoms with van der Waals surface area (Å²) in [6.07, 6.45) is 1.20. The van der Waals surface area contributed by atoms with Crippen LogP contribution in [0.3, 0.4) is 0 Å². The van der Waals surface area contributed by atoms with Crippen molar-refractivity contribution in [1.82, 2.24) is 5.32 Å². The normalized spacial score (nSPS) is 12.3. The van der Waals surface area contributed by atoms with Crippen LogP contribution in [0.2, 0.25) is 0 Å². The molecule has 0 aliphatic heterocycles. The lowest BCUT2D eigenvalue weighted by molar-refractivity contribution is 0.0493. The summed E-state index contributed by atoms with van der Waals surface area (Å²) in [5.41, 5.74) is 1.21. The summed E-state index contributed by atoms with van der Waals surface area (Å²) in [5.74, 6) is 0. The van der Waals surface area contributed by atoms with Crippen molar-refractivity contribution in [3.63, 3.8) is 0 Å². The van der Waals surface area contributed by atoms with Crippen molar-refractivity contribution in [3.05, 3.63) is 48.6 Å². The highest BCUT2D eigenvalue weighted by atomic mass is 16.5. The van der Waals surface area contributed by atoms with E-state index in [9.17, 15) is 5.11 Å². The Hall–Kier alpha value is -1.16. The van der Waals surface area contributed by atoms with Crippen LogP contribution in [0.5, 0.6) is 0 Å². The number of hydrogen-bond donors (Lipinski definition) is 2. The van der Waals surface area contributed by atoms with E-state index in [0.29, 0.717) is 19.8 Å². The monoisotopic (exact) mass is 221 g/mol. The molecule has 1 rings (SSSR count). The third-order valence-electron chi connectivity index (χ3n) is 2.10. The van der Waals surface area contributed by atoms with Crippen LogP contribution < -0.4 is 5.32 Å². The Bertz CT molecular complexity index is 287. The predicted octanol–water partition coefficient (Wildman–Crippen LogP) is 1.34. The van der Waals surface area contributed by atoms with Gasteiger partial charge in [0.05, 0.1) is 19.3 Å². The maximum Gasteiger partial charge on any atom is 0.0897 e. The van der Waals surface area contributed by atoms with Crippen molar-refractivity contribution < 1.29 is 9.84 Å². The highest BCUT2D eigenvalue weighted by Crippen LogP contribution is 1.97. The quantitative estimate of drug-likeness (QED) is 0.514. The van der Waals surface area contributed by atoms with E-state index < -0.39 is 6.10 Å². The van der Waals surface area contributed by atoms with Gasteiger partial charge in [0.2, 0.25) is 0 Å². The Balaban J connectivity index is 2.08. The molecular formula is C13H19NO2. The van der Waals surface area contributed by atoms with Crippen LogP contribution in [0.4, 0.5) is 0 Å². The molecule has 1 aromatic rings. The van der Waals surface area contributed by atoms with Crippen LogP contribution in [0.1, 0.15) is 5.56 Å². The molecule has 0 aliphatic rings. The molecule has 0 aliphatic carbocycles. The summed E-state index contributed by atoms with van der Waals surface area (Å²) in [5, 5.41) is 12.7. The van der Waals surface area contributed by atoms with Crippen LogP contribution in [-0.2, 0) is 11.3 Å². The van der Waals surface area contributed by atoms with Crippen molar-refractivity contribution >= 4 is 0 Å². The summed E-state index contributed by atoms with van der Waals surface area (Å²) in [7, 11) is 0. The van der Waals surface area contributed by atoms with E-state index in [4.69, 9.17) is 4.74 Å². The first-order chi connectivity index (χ1) is 7.83. The zero-order chi connectivity index (χ0) is 11.6. The molecule has 16 heavy (non-hydrogen) atoms. The van der Waals surface area contributed by atoms with Gasteiger partial charge in [-0.2, -0.15) is 0 Å². The van der Waals surface area contributed by atoms with Crippen molar-refractivity contribution in [2.45, 2.75) is 12.6 Å². The first-order valence-electron chi connectivity index (χ1n) is 5.44. The average Bonchev–Trinajstić information content (AvgIpc) is 2.31. The molecule has 0 aromatic heterocycles. The highest BCUT2D eigenvalue weighted by molar-refractivity contribution is 5.14. The maximum absolute atomic E-state index is 9.53. The Morgan fingerprint density at radius 2 is 2.12 bits per heavy atom. The first kappa shape index (κ1) is 12.9. The van der Waals surface area contributed by atoms with E-state index >= 15 is 0 Å². The van der Waals surface area contributed by atoms with Crippen molar-refractivity contribution in [2.24, 2.45) is 0 Å². The summed E-state index contributed by atoms with van der Waals surface area (Å²) < 4.78 is 5.14. The lowest BCUT2D eigenvalue weighted by atomic mass is 10.2. The molecule has 0 saturated heterocycles.